The highest BCUT2D eigenvalue weighted by Gasteiger charge is 2.19. The van der Waals surface area contributed by atoms with Crippen LogP contribution in [0.2, 0.25) is 0 Å². The second kappa shape index (κ2) is 7.12. The molecule has 110 valence electrons. The summed E-state index contributed by atoms with van der Waals surface area (Å²) in [6.07, 6.45) is 0. The highest BCUT2D eigenvalue weighted by molar-refractivity contribution is 7.98. The van der Waals surface area contributed by atoms with Crippen LogP contribution in [0.25, 0.3) is 0 Å². The van der Waals surface area contributed by atoms with Crippen molar-refractivity contribution < 1.29 is 4.74 Å². The smallest absolute Gasteiger partial charge is 0.0716 e. The molecule has 0 spiro atoms. The van der Waals surface area contributed by atoms with Crippen molar-refractivity contribution in [2.45, 2.75) is 24.9 Å². The third-order valence-corrected chi connectivity index (χ3v) is 5.01. The number of benzene rings is 2. The Morgan fingerprint density at radius 1 is 1.10 bits per heavy atom. The third-order valence-electron chi connectivity index (χ3n) is 3.93. The van der Waals surface area contributed by atoms with Gasteiger partial charge in [0, 0.05) is 31.2 Å². The van der Waals surface area contributed by atoms with E-state index >= 15 is 0 Å². The van der Waals surface area contributed by atoms with E-state index in [1.54, 1.807) is 7.11 Å². The Labute approximate surface area is 130 Å². The quantitative estimate of drug-likeness (QED) is 0.904. The lowest BCUT2D eigenvalue weighted by molar-refractivity contribution is 0.184. The average Bonchev–Trinajstić information content (AvgIpc) is 2.54. The number of methoxy groups -OCH3 is 1. The fourth-order valence-electron chi connectivity index (χ4n) is 2.81. The molecule has 3 heteroatoms. The van der Waals surface area contributed by atoms with Gasteiger partial charge in [-0.1, -0.05) is 48.5 Å². The van der Waals surface area contributed by atoms with Crippen LogP contribution in [0.3, 0.4) is 0 Å². The predicted octanol–water partition coefficient (Wildman–Crippen LogP) is 3.91. The van der Waals surface area contributed by atoms with Crippen LogP contribution in [0, 0.1) is 0 Å². The topological polar surface area (TPSA) is 21.3 Å². The van der Waals surface area contributed by atoms with Crippen molar-refractivity contribution in [1.82, 2.24) is 5.32 Å². The fourth-order valence-corrected chi connectivity index (χ4v) is 3.94. The lowest BCUT2D eigenvalue weighted by Crippen LogP contribution is -2.26. The maximum Gasteiger partial charge on any atom is 0.0716 e. The van der Waals surface area contributed by atoms with Crippen LogP contribution in [-0.2, 0) is 23.6 Å². The molecule has 0 fully saturated rings. The molecule has 0 saturated heterocycles. The standard InChI is InChI=1S/C18H21NOS/c1-20-11-15-7-3-2-6-14(15)10-19-18-13-21-12-16-8-4-5-9-17(16)18/h2-9,18-19H,10-13H2,1H3. The van der Waals surface area contributed by atoms with Crippen molar-refractivity contribution in [2.24, 2.45) is 0 Å². The molecule has 0 aromatic heterocycles. The van der Waals surface area contributed by atoms with Crippen LogP contribution < -0.4 is 5.32 Å². The molecule has 2 nitrogen and oxygen atoms in total. The highest BCUT2D eigenvalue weighted by Crippen LogP contribution is 2.31. The number of fused-ring (bicyclic) bond motifs is 1. The monoisotopic (exact) mass is 299 g/mol. The predicted molar refractivity (Wildman–Crippen MR) is 89.3 cm³/mol. The van der Waals surface area contributed by atoms with Crippen LogP contribution in [0.5, 0.6) is 0 Å². The number of rotatable bonds is 5. The van der Waals surface area contributed by atoms with E-state index < -0.39 is 0 Å². The molecule has 1 aliphatic rings. The third kappa shape index (κ3) is 3.49. The summed E-state index contributed by atoms with van der Waals surface area (Å²) < 4.78 is 5.28. The average molecular weight is 299 g/mol. The molecule has 1 unspecified atom stereocenters. The lowest BCUT2D eigenvalue weighted by Gasteiger charge is -2.26. The summed E-state index contributed by atoms with van der Waals surface area (Å²) in [7, 11) is 1.75. The summed E-state index contributed by atoms with van der Waals surface area (Å²) in [6.45, 7) is 1.56. The van der Waals surface area contributed by atoms with Crippen LogP contribution in [0.15, 0.2) is 48.5 Å². The SMILES string of the molecule is COCc1ccccc1CNC1CSCc2ccccc21. The minimum atomic E-state index is 0.440. The summed E-state index contributed by atoms with van der Waals surface area (Å²) in [6, 6.07) is 17.7. The molecule has 3 rings (SSSR count). The number of thioether (sulfide) groups is 1. The van der Waals surface area contributed by atoms with E-state index in [1.807, 2.05) is 11.8 Å². The van der Waals surface area contributed by atoms with E-state index in [-0.39, 0.29) is 0 Å². The van der Waals surface area contributed by atoms with Crippen molar-refractivity contribution in [3.05, 3.63) is 70.8 Å². The van der Waals surface area contributed by atoms with Gasteiger partial charge in [-0.05, 0) is 22.3 Å². The Bertz CT molecular complexity index is 599. The first-order valence-corrected chi connectivity index (χ1v) is 8.48. The normalized spacial score (nSPS) is 17.5. The molecule has 2 aromatic rings. The summed E-state index contributed by atoms with van der Waals surface area (Å²) in [5.41, 5.74) is 5.52. The van der Waals surface area contributed by atoms with Gasteiger partial charge in [0.25, 0.3) is 0 Å². The number of nitrogens with one attached hydrogen (secondary N) is 1. The largest absolute Gasteiger partial charge is 0.380 e. The zero-order valence-electron chi connectivity index (χ0n) is 12.3. The van der Waals surface area contributed by atoms with Crippen molar-refractivity contribution in [1.29, 1.82) is 0 Å². The van der Waals surface area contributed by atoms with Gasteiger partial charge in [0.05, 0.1) is 6.61 Å². The van der Waals surface area contributed by atoms with Gasteiger partial charge in [-0.15, -0.1) is 0 Å². The van der Waals surface area contributed by atoms with Crippen molar-refractivity contribution in [3.63, 3.8) is 0 Å². The molecule has 0 amide bonds. The maximum absolute atomic E-state index is 5.28. The molecule has 1 atom stereocenters. The second-order valence-electron chi connectivity index (χ2n) is 5.35. The zero-order valence-corrected chi connectivity index (χ0v) is 13.2. The molecular formula is C18H21NOS. The highest BCUT2D eigenvalue weighted by atomic mass is 32.2. The summed E-state index contributed by atoms with van der Waals surface area (Å²) in [5, 5.41) is 3.72. The van der Waals surface area contributed by atoms with Gasteiger partial charge in [-0.25, -0.2) is 0 Å². The maximum atomic E-state index is 5.28. The summed E-state index contributed by atoms with van der Waals surface area (Å²) in [5.74, 6) is 2.28. The van der Waals surface area contributed by atoms with E-state index in [2.05, 4.69) is 53.8 Å². The van der Waals surface area contributed by atoms with Crippen LogP contribution in [0.1, 0.15) is 28.3 Å². The molecule has 21 heavy (non-hydrogen) atoms. The summed E-state index contributed by atoms with van der Waals surface area (Å²) in [4.78, 5) is 0. The molecule has 0 radical (unpaired) electrons. The first-order chi connectivity index (χ1) is 10.4. The van der Waals surface area contributed by atoms with E-state index in [0.29, 0.717) is 12.6 Å². The van der Waals surface area contributed by atoms with Gasteiger partial charge in [0.2, 0.25) is 0 Å². The van der Waals surface area contributed by atoms with Gasteiger partial charge in [0.1, 0.15) is 0 Å². The van der Waals surface area contributed by atoms with Crippen LogP contribution in [0.4, 0.5) is 0 Å². The van der Waals surface area contributed by atoms with Gasteiger partial charge in [-0.3, -0.25) is 0 Å². The second-order valence-corrected chi connectivity index (χ2v) is 6.38. The van der Waals surface area contributed by atoms with E-state index in [4.69, 9.17) is 4.74 Å². The van der Waals surface area contributed by atoms with Crippen molar-refractivity contribution >= 4 is 11.8 Å². The molecule has 0 bridgehead atoms. The first kappa shape index (κ1) is 14.6. The van der Waals surface area contributed by atoms with Gasteiger partial charge >= 0.3 is 0 Å². The van der Waals surface area contributed by atoms with E-state index in [9.17, 15) is 0 Å². The van der Waals surface area contributed by atoms with E-state index in [0.717, 1.165) is 18.1 Å². The molecule has 1 heterocycles. The number of hydrogen-bond donors (Lipinski definition) is 1. The van der Waals surface area contributed by atoms with Crippen LogP contribution in [-0.4, -0.2) is 12.9 Å². The fraction of sp³-hybridized carbons (Fsp3) is 0.333. The Hall–Kier alpha value is -1.29. The van der Waals surface area contributed by atoms with Gasteiger partial charge in [0.15, 0.2) is 0 Å². The van der Waals surface area contributed by atoms with Crippen molar-refractivity contribution in [3.8, 4) is 0 Å². The Morgan fingerprint density at radius 3 is 2.71 bits per heavy atom. The lowest BCUT2D eigenvalue weighted by atomic mass is 10.0. The molecule has 2 aromatic carbocycles. The minimum absolute atomic E-state index is 0.440. The summed E-state index contributed by atoms with van der Waals surface area (Å²) >= 11 is 2.01. The zero-order chi connectivity index (χ0) is 14.5. The molecular weight excluding hydrogens is 278 g/mol. The number of hydrogen-bond acceptors (Lipinski definition) is 3. The Balaban J connectivity index is 1.72. The van der Waals surface area contributed by atoms with Crippen LogP contribution >= 0.6 is 11.8 Å². The van der Waals surface area contributed by atoms with Gasteiger partial charge < -0.3 is 10.1 Å². The van der Waals surface area contributed by atoms with E-state index in [1.165, 1.54) is 22.3 Å². The molecule has 1 aliphatic heterocycles. The number of ether oxygens (including phenoxy) is 1. The Kier molecular flexibility index (Phi) is 4.96. The Morgan fingerprint density at radius 2 is 1.86 bits per heavy atom. The molecule has 0 aliphatic carbocycles. The van der Waals surface area contributed by atoms with Crippen molar-refractivity contribution in [2.75, 3.05) is 12.9 Å². The first-order valence-electron chi connectivity index (χ1n) is 7.33. The minimum Gasteiger partial charge on any atom is -0.380 e. The van der Waals surface area contributed by atoms with Gasteiger partial charge in [-0.2, -0.15) is 11.8 Å². The molecule has 0 saturated carbocycles. The molecule has 1 N–H and O–H groups in total.